The summed E-state index contributed by atoms with van der Waals surface area (Å²) in [6, 6.07) is 0. The number of H-pyrrole nitrogens is 1. The lowest BCUT2D eigenvalue weighted by Crippen LogP contribution is -2.28. The van der Waals surface area contributed by atoms with Crippen molar-refractivity contribution in [3.63, 3.8) is 0 Å². The molecule has 0 aromatic carbocycles. The van der Waals surface area contributed by atoms with Gasteiger partial charge in [-0.25, -0.2) is 18.5 Å². The molecule has 0 spiro atoms. The minimum Gasteiger partial charge on any atom is -0.390 e. The van der Waals surface area contributed by atoms with Crippen molar-refractivity contribution in [1.29, 1.82) is 0 Å². The molecular formula is C10H17N2O13P3S. The second-order valence-corrected chi connectivity index (χ2v) is 10.6. The molecule has 0 amide bonds. The Kier molecular flexibility index (Phi) is 7.57. The van der Waals surface area contributed by atoms with E-state index in [-0.39, 0.29) is 11.1 Å². The van der Waals surface area contributed by atoms with E-state index in [9.17, 15) is 28.5 Å². The molecule has 0 bridgehead atoms. The Morgan fingerprint density at radius 3 is 2.45 bits per heavy atom. The summed E-state index contributed by atoms with van der Waals surface area (Å²) in [4.78, 5) is 49.8. The normalized spacial score (nSPS) is 26.8. The zero-order valence-electron chi connectivity index (χ0n) is 14.4. The summed E-state index contributed by atoms with van der Waals surface area (Å²) in [5.74, 6) is 0. The Morgan fingerprint density at radius 2 is 1.86 bits per heavy atom. The van der Waals surface area contributed by atoms with E-state index in [1.165, 1.54) is 6.20 Å². The Hall–Kier alpha value is -0.570. The topological polar surface area (TPSA) is 227 Å². The lowest BCUT2D eigenvalue weighted by atomic mass is 10.2. The second kappa shape index (κ2) is 8.89. The molecule has 29 heavy (non-hydrogen) atoms. The molecule has 1 aromatic rings. The van der Waals surface area contributed by atoms with Gasteiger partial charge in [0.05, 0.1) is 12.7 Å². The van der Waals surface area contributed by atoms with E-state index in [2.05, 4.69) is 18.1 Å². The maximum absolute atomic E-state index is 12.0. The van der Waals surface area contributed by atoms with Gasteiger partial charge in [-0.1, -0.05) is 12.2 Å². The highest BCUT2D eigenvalue weighted by atomic mass is 32.1. The number of ether oxygens (including phenoxy) is 1. The fourth-order valence-electron chi connectivity index (χ4n) is 2.31. The van der Waals surface area contributed by atoms with Gasteiger partial charge < -0.3 is 29.4 Å². The molecule has 2 heterocycles. The van der Waals surface area contributed by atoms with E-state index in [0.29, 0.717) is 5.56 Å². The van der Waals surface area contributed by atoms with Crippen LogP contribution in [0.2, 0.25) is 0 Å². The fraction of sp³-hybridized carbons (Fsp3) is 0.600. The molecule has 19 heteroatoms. The lowest BCUT2D eigenvalue weighted by Gasteiger charge is -2.19. The molecule has 1 saturated heterocycles. The third kappa shape index (κ3) is 7.26. The number of rotatable bonds is 8. The van der Waals surface area contributed by atoms with Gasteiger partial charge in [0, 0.05) is 18.2 Å². The lowest BCUT2D eigenvalue weighted by molar-refractivity contribution is -0.0450. The van der Waals surface area contributed by atoms with Crippen molar-refractivity contribution in [2.24, 2.45) is 0 Å². The fourth-order valence-corrected chi connectivity index (χ4v) is 5.48. The van der Waals surface area contributed by atoms with Crippen molar-refractivity contribution < 1.29 is 56.3 Å². The molecule has 1 aliphatic rings. The van der Waals surface area contributed by atoms with Gasteiger partial charge in [0.25, 0.3) is 0 Å². The number of nitrogens with one attached hydrogen (secondary N) is 1. The van der Waals surface area contributed by atoms with Crippen LogP contribution in [0.4, 0.5) is 0 Å². The Morgan fingerprint density at radius 1 is 1.24 bits per heavy atom. The van der Waals surface area contributed by atoms with Gasteiger partial charge >= 0.3 is 29.2 Å². The zero-order valence-corrected chi connectivity index (χ0v) is 17.9. The molecule has 6 N–H and O–H groups in total. The van der Waals surface area contributed by atoms with Gasteiger partial charge in [0.1, 0.15) is 17.0 Å². The van der Waals surface area contributed by atoms with Crippen LogP contribution in [-0.2, 0) is 31.6 Å². The highest BCUT2D eigenvalue weighted by Gasteiger charge is 2.42. The van der Waals surface area contributed by atoms with E-state index in [1.54, 1.807) is 6.92 Å². The number of phosphoric acid groups is 3. The van der Waals surface area contributed by atoms with Gasteiger partial charge in [0.2, 0.25) is 0 Å². The third-order valence-electron chi connectivity index (χ3n) is 3.48. The third-order valence-corrected chi connectivity index (χ3v) is 7.70. The summed E-state index contributed by atoms with van der Waals surface area (Å²) in [6.45, 7) is 0.797. The molecule has 0 saturated carbocycles. The Labute approximate surface area is 167 Å². The number of aryl methyl sites for hydroxylation is 1. The maximum Gasteiger partial charge on any atom is 0.490 e. The van der Waals surface area contributed by atoms with Crippen LogP contribution in [0.25, 0.3) is 0 Å². The molecule has 1 aliphatic heterocycles. The second-order valence-electron chi connectivity index (χ2n) is 5.80. The van der Waals surface area contributed by atoms with Crippen LogP contribution in [0.5, 0.6) is 0 Å². The molecule has 0 radical (unpaired) electrons. The van der Waals surface area contributed by atoms with Crippen LogP contribution in [0.15, 0.2) is 11.0 Å². The highest BCUT2D eigenvalue weighted by molar-refractivity contribution is 7.71. The first-order chi connectivity index (χ1) is 13.1. The summed E-state index contributed by atoms with van der Waals surface area (Å²) in [5, 5.41) is 10.0. The number of aliphatic hydroxyl groups is 1. The quantitative estimate of drug-likeness (QED) is 0.208. The standard InChI is InChI=1S/C10H17N2O13P3S/c1-5-3-12(10(14)11-9(5)29)8-2-6(13)7(23-8)4-22-27(18,19)25-28(20,21)24-26(15,16)17/h3,6-8,13H,2,4H2,1H3,(H,18,19)(H,20,21)(H,11,14,29)(H2,15,16,17). The molecule has 166 valence electrons. The number of nitrogens with zero attached hydrogens (tertiary/aromatic N) is 1. The van der Waals surface area contributed by atoms with Gasteiger partial charge in [-0.2, -0.15) is 8.62 Å². The van der Waals surface area contributed by atoms with Crippen molar-refractivity contribution in [1.82, 2.24) is 9.55 Å². The minimum atomic E-state index is -5.65. The summed E-state index contributed by atoms with van der Waals surface area (Å²) < 4.78 is 51.8. The van der Waals surface area contributed by atoms with Crippen molar-refractivity contribution in [2.75, 3.05) is 6.61 Å². The predicted octanol–water partition coefficient (Wildman–Crippen LogP) is 0.206. The van der Waals surface area contributed by atoms with Gasteiger partial charge in [0.15, 0.2) is 0 Å². The summed E-state index contributed by atoms with van der Waals surface area (Å²) in [7, 11) is -16.5. The van der Waals surface area contributed by atoms with E-state index in [4.69, 9.17) is 31.6 Å². The molecule has 15 nitrogen and oxygen atoms in total. The molecule has 1 aromatic heterocycles. The number of aliphatic hydroxyl groups excluding tert-OH is 1. The maximum atomic E-state index is 12.0. The smallest absolute Gasteiger partial charge is 0.390 e. The largest absolute Gasteiger partial charge is 0.490 e. The summed E-state index contributed by atoms with van der Waals surface area (Å²) in [5.41, 5.74) is -0.0688. The van der Waals surface area contributed by atoms with Crippen LogP contribution >= 0.6 is 35.7 Å². The molecular weight excluding hydrogens is 481 g/mol. The van der Waals surface area contributed by atoms with E-state index < -0.39 is 54.2 Å². The van der Waals surface area contributed by atoms with Gasteiger partial charge in [-0.15, -0.1) is 0 Å². The molecule has 2 rings (SSSR count). The van der Waals surface area contributed by atoms with Crippen LogP contribution in [0.3, 0.4) is 0 Å². The van der Waals surface area contributed by atoms with Gasteiger partial charge in [-0.05, 0) is 6.92 Å². The number of hydrogen-bond acceptors (Lipinski definition) is 10. The predicted molar refractivity (Wildman–Crippen MR) is 95.0 cm³/mol. The SMILES string of the molecule is Cc1cn(C2CC(O)C(COP(=O)(O)OP(=O)(O)OP(=O)(O)O)O2)c(=O)[nH]c1=S. The molecule has 0 aliphatic carbocycles. The van der Waals surface area contributed by atoms with E-state index in [0.717, 1.165) is 4.57 Å². The average molecular weight is 498 g/mol. The van der Waals surface area contributed by atoms with Crippen molar-refractivity contribution >= 4 is 35.7 Å². The monoisotopic (exact) mass is 498 g/mol. The van der Waals surface area contributed by atoms with E-state index in [1.807, 2.05) is 0 Å². The minimum absolute atomic E-state index is 0.103. The first-order valence-electron chi connectivity index (χ1n) is 7.52. The number of phosphoric ester groups is 1. The van der Waals surface area contributed by atoms with Crippen LogP contribution < -0.4 is 5.69 Å². The van der Waals surface area contributed by atoms with Crippen LogP contribution in [-0.4, -0.2) is 53.0 Å². The average Bonchev–Trinajstić information content (AvgIpc) is 2.86. The van der Waals surface area contributed by atoms with Crippen molar-refractivity contribution in [2.45, 2.75) is 31.8 Å². The Balaban J connectivity index is 2.03. The van der Waals surface area contributed by atoms with Gasteiger partial charge in [-0.3, -0.25) is 14.1 Å². The van der Waals surface area contributed by atoms with E-state index >= 15 is 0 Å². The van der Waals surface area contributed by atoms with Crippen LogP contribution in [0.1, 0.15) is 18.2 Å². The Bertz CT molecular complexity index is 1020. The van der Waals surface area contributed by atoms with Crippen molar-refractivity contribution in [3.8, 4) is 0 Å². The highest BCUT2D eigenvalue weighted by Crippen LogP contribution is 2.66. The van der Waals surface area contributed by atoms with Crippen LogP contribution in [0, 0.1) is 11.6 Å². The first-order valence-corrected chi connectivity index (χ1v) is 12.5. The summed E-state index contributed by atoms with van der Waals surface area (Å²) >= 11 is 4.93. The number of hydrogen-bond donors (Lipinski definition) is 6. The molecule has 1 fully saturated rings. The number of aromatic nitrogens is 2. The molecule has 5 atom stereocenters. The zero-order chi connectivity index (χ0) is 22.2. The molecule has 5 unspecified atom stereocenters. The van der Waals surface area contributed by atoms with Crippen molar-refractivity contribution in [3.05, 3.63) is 26.9 Å². The first kappa shape index (κ1) is 24.7. The number of aromatic amines is 1. The summed E-state index contributed by atoms with van der Waals surface area (Å²) in [6.07, 6.45) is -2.20.